The van der Waals surface area contributed by atoms with E-state index in [1.54, 1.807) is 0 Å². The van der Waals surface area contributed by atoms with E-state index in [1.165, 1.54) is 42.3 Å². The predicted molar refractivity (Wildman–Crippen MR) is 87.2 cm³/mol. The second kappa shape index (κ2) is 6.74. The predicted octanol–water partition coefficient (Wildman–Crippen LogP) is 4.32. The number of likely N-dealkylation sites (tertiary alicyclic amines) is 1. The Balaban J connectivity index is 1.71. The fraction of sp³-hybridized carbons (Fsp3) is 0.421. The van der Waals surface area contributed by atoms with Crippen LogP contribution in [0.5, 0.6) is 0 Å². The highest BCUT2D eigenvalue weighted by Crippen LogP contribution is 2.28. The molecular weight excluding hydrogens is 256 g/mol. The largest absolute Gasteiger partial charge is 0.303 e. The van der Waals surface area contributed by atoms with E-state index in [0.717, 1.165) is 19.4 Å². The van der Waals surface area contributed by atoms with Crippen molar-refractivity contribution in [2.45, 2.75) is 31.6 Å². The van der Waals surface area contributed by atoms with Gasteiger partial charge in [-0.05, 0) is 61.7 Å². The molecule has 0 bridgehead atoms. The van der Waals surface area contributed by atoms with Crippen LogP contribution < -0.4 is 0 Å². The number of hydrogen-bond acceptors (Lipinski definition) is 2. The van der Waals surface area contributed by atoms with Gasteiger partial charge in [0.05, 0.1) is 12.0 Å². The Morgan fingerprint density at radius 3 is 2.62 bits per heavy atom. The fourth-order valence-electron chi connectivity index (χ4n) is 3.37. The van der Waals surface area contributed by atoms with Crippen molar-refractivity contribution in [3.8, 4) is 6.07 Å². The summed E-state index contributed by atoms with van der Waals surface area (Å²) in [5.74, 6) is 0.0127. The minimum atomic E-state index is 0.0127. The van der Waals surface area contributed by atoms with E-state index < -0.39 is 0 Å². The van der Waals surface area contributed by atoms with Crippen LogP contribution in [0.2, 0.25) is 0 Å². The average Bonchev–Trinajstić information content (AvgIpc) is 3.05. The first-order valence-electron chi connectivity index (χ1n) is 7.98. The smallest absolute Gasteiger partial charge is 0.0719 e. The minimum Gasteiger partial charge on any atom is -0.303 e. The zero-order valence-electron chi connectivity index (χ0n) is 12.5. The van der Waals surface area contributed by atoms with Gasteiger partial charge in [-0.3, -0.25) is 0 Å². The normalized spacial score (nSPS) is 16.9. The van der Waals surface area contributed by atoms with Crippen LogP contribution in [-0.4, -0.2) is 24.5 Å². The Bertz CT molecular complexity index is 630. The van der Waals surface area contributed by atoms with Crippen LogP contribution in [0.4, 0.5) is 0 Å². The molecule has 2 aromatic rings. The van der Waals surface area contributed by atoms with E-state index >= 15 is 0 Å². The van der Waals surface area contributed by atoms with Gasteiger partial charge in [-0.15, -0.1) is 0 Å². The van der Waals surface area contributed by atoms with E-state index in [1.807, 2.05) is 0 Å². The number of nitriles is 1. The van der Waals surface area contributed by atoms with Crippen LogP contribution >= 0.6 is 0 Å². The van der Waals surface area contributed by atoms with Crippen molar-refractivity contribution in [3.05, 3.63) is 48.0 Å². The lowest BCUT2D eigenvalue weighted by Gasteiger charge is -2.16. The summed E-state index contributed by atoms with van der Waals surface area (Å²) < 4.78 is 0. The number of nitrogens with zero attached hydrogens (tertiary/aromatic N) is 2. The maximum Gasteiger partial charge on any atom is 0.0719 e. The maximum atomic E-state index is 9.57. The van der Waals surface area contributed by atoms with Crippen molar-refractivity contribution in [2.75, 3.05) is 19.6 Å². The Labute approximate surface area is 127 Å². The summed E-state index contributed by atoms with van der Waals surface area (Å²) in [5.41, 5.74) is 1.19. The Kier molecular flexibility index (Phi) is 4.52. The van der Waals surface area contributed by atoms with Gasteiger partial charge in [0, 0.05) is 0 Å². The summed E-state index contributed by atoms with van der Waals surface area (Å²) in [6, 6.07) is 17.2. The van der Waals surface area contributed by atoms with Crippen LogP contribution in [0.15, 0.2) is 42.5 Å². The van der Waals surface area contributed by atoms with Gasteiger partial charge in [0.15, 0.2) is 0 Å². The molecular formula is C19H22N2. The molecule has 0 aliphatic carbocycles. The van der Waals surface area contributed by atoms with Crippen LogP contribution in [0, 0.1) is 11.3 Å². The molecule has 1 atom stereocenters. The van der Waals surface area contributed by atoms with Gasteiger partial charge in [0.1, 0.15) is 0 Å². The molecule has 0 amide bonds. The molecule has 0 spiro atoms. The maximum absolute atomic E-state index is 9.57. The molecule has 108 valence electrons. The van der Waals surface area contributed by atoms with Crippen molar-refractivity contribution in [1.29, 1.82) is 5.26 Å². The van der Waals surface area contributed by atoms with Crippen LogP contribution in [0.25, 0.3) is 10.8 Å². The molecule has 1 saturated heterocycles. The van der Waals surface area contributed by atoms with Crippen molar-refractivity contribution in [1.82, 2.24) is 4.90 Å². The average molecular weight is 278 g/mol. The molecule has 21 heavy (non-hydrogen) atoms. The number of hydrogen-bond donors (Lipinski definition) is 0. The summed E-state index contributed by atoms with van der Waals surface area (Å²) in [6.07, 6.45) is 4.75. The highest BCUT2D eigenvalue weighted by Gasteiger charge is 2.15. The molecule has 0 radical (unpaired) electrons. The third-order valence-corrected chi connectivity index (χ3v) is 4.52. The summed E-state index contributed by atoms with van der Waals surface area (Å²) in [4.78, 5) is 2.53. The standard InChI is InChI=1S/C19H22N2/c20-15-17(9-6-14-21-12-3-4-13-21)19-11-5-8-16-7-1-2-10-18(16)19/h1-2,5,7-8,10-11,17H,3-4,6,9,12-14H2. The van der Waals surface area contributed by atoms with Crippen molar-refractivity contribution < 1.29 is 0 Å². The van der Waals surface area contributed by atoms with Gasteiger partial charge in [0.25, 0.3) is 0 Å². The molecule has 1 aliphatic heterocycles. The third kappa shape index (κ3) is 3.25. The zero-order chi connectivity index (χ0) is 14.5. The summed E-state index contributed by atoms with van der Waals surface area (Å²) in [7, 11) is 0. The molecule has 2 aromatic carbocycles. The lowest BCUT2D eigenvalue weighted by atomic mass is 9.91. The molecule has 1 fully saturated rings. The highest BCUT2D eigenvalue weighted by atomic mass is 15.1. The molecule has 1 aliphatic rings. The summed E-state index contributed by atoms with van der Waals surface area (Å²) >= 11 is 0. The van der Waals surface area contributed by atoms with Crippen LogP contribution in [0.1, 0.15) is 37.2 Å². The molecule has 1 unspecified atom stereocenters. The first-order valence-corrected chi connectivity index (χ1v) is 7.98. The molecule has 0 saturated carbocycles. The van der Waals surface area contributed by atoms with Gasteiger partial charge in [0.2, 0.25) is 0 Å². The van der Waals surface area contributed by atoms with Gasteiger partial charge in [-0.25, -0.2) is 0 Å². The summed E-state index contributed by atoms with van der Waals surface area (Å²) in [5, 5.41) is 12.0. The van der Waals surface area contributed by atoms with Gasteiger partial charge in [-0.2, -0.15) is 5.26 Å². The van der Waals surface area contributed by atoms with E-state index in [4.69, 9.17) is 0 Å². The molecule has 0 N–H and O–H groups in total. The summed E-state index contributed by atoms with van der Waals surface area (Å²) in [6.45, 7) is 3.62. The molecule has 2 nitrogen and oxygen atoms in total. The Morgan fingerprint density at radius 1 is 1.05 bits per heavy atom. The van der Waals surface area contributed by atoms with Crippen molar-refractivity contribution in [2.24, 2.45) is 0 Å². The lowest BCUT2D eigenvalue weighted by Crippen LogP contribution is -2.20. The van der Waals surface area contributed by atoms with Gasteiger partial charge < -0.3 is 4.90 Å². The van der Waals surface area contributed by atoms with E-state index in [9.17, 15) is 5.26 Å². The van der Waals surface area contributed by atoms with E-state index in [-0.39, 0.29) is 5.92 Å². The SMILES string of the molecule is N#CC(CCCN1CCCC1)c1cccc2ccccc12. The van der Waals surface area contributed by atoms with E-state index in [0.29, 0.717) is 0 Å². The highest BCUT2D eigenvalue weighted by molar-refractivity contribution is 5.86. The number of rotatable bonds is 5. The van der Waals surface area contributed by atoms with Gasteiger partial charge in [-0.1, -0.05) is 42.5 Å². The fourth-order valence-corrected chi connectivity index (χ4v) is 3.37. The number of fused-ring (bicyclic) bond motifs is 1. The van der Waals surface area contributed by atoms with Crippen LogP contribution in [0.3, 0.4) is 0 Å². The van der Waals surface area contributed by atoms with Crippen molar-refractivity contribution in [3.63, 3.8) is 0 Å². The molecule has 1 heterocycles. The first kappa shape index (κ1) is 14.1. The Morgan fingerprint density at radius 2 is 1.81 bits per heavy atom. The minimum absolute atomic E-state index is 0.0127. The van der Waals surface area contributed by atoms with Crippen LogP contribution in [-0.2, 0) is 0 Å². The molecule has 3 rings (SSSR count). The first-order chi connectivity index (χ1) is 10.4. The van der Waals surface area contributed by atoms with Gasteiger partial charge >= 0.3 is 0 Å². The Hall–Kier alpha value is -1.85. The van der Waals surface area contributed by atoms with Crippen molar-refractivity contribution >= 4 is 10.8 Å². The quantitative estimate of drug-likeness (QED) is 0.814. The second-order valence-electron chi connectivity index (χ2n) is 5.94. The zero-order valence-corrected chi connectivity index (χ0v) is 12.5. The molecule has 0 aromatic heterocycles. The lowest BCUT2D eigenvalue weighted by molar-refractivity contribution is 0.328. The third-order valence-electron chi connectivity index (χ3n) is 4.52. The van der Waals surface area contributed by atoms with E-state index in [2.05, 4.69) is 53.4 Å². The second-order valence-corrected chi connectivity index (χ2v) is 5.94. The number of benzene rings is 2. The topological polar surface area (TPSA) is 27.0 Å². The molecule has 2 heteroatoms. The monoisotopic (exact) mass is 278 g/mol.